The second-order valence-corrected chi connectivity index (χ2v) is 3.87. The van der Waals surface area contributed by atoms with E-state index in [4.69, 9.17) is 14.6 Å². The number of carbonyl (C=O) groups excluding carboxylic acids is 1. The van der Waals surface area contributed by atoms with Gasteiger partial charge >= 0.3 is 11.9 Å². The Bertz CT molecular complexity index is 446. The van der Waals surface area contributed by atoms with Crippen LogP contribution in [0, 0.1) is 0 Å². The molecule has 0 aromatic heterocycles. The first-order valence-electron chi connectivity index (χ1n) is 5.83. The number of nitrogens with one attached hydrogen (secondary N) is 1. The number of rotatable bonds is 7. The Morgan fingerprint density at radius 3 is 2.63 bits per heavy atom. The summed E-state index contributed by atoms with van der Waals surface area (Å²) >= 11 is 0. The van der Waals surface area contributed by atoms with E-state index in [9.17, 15) is 9.59 Å². The molecule has 2 N–H and O–H groups in total. The highest BCUT2D eigenvalue weighted by molar-refractivity contribution is 5.76. The molecular weight excluding hydrogens is 250 g/mol. The van der Waals surface area contributed by atoms with Crippen molar-refractivity contribution in [3.05, 3.63) is 24.3 Å². The van der Waals surface area contributed by atoms with E-state index in [-0.39, 0.29) is 12.8 Å². The molecule has 1 atom stereocenters. The molecular formula is C13H17NO5. The monoisotopic (exact) mass is 267 g/mol. The van der Waals surface area contributed by atoms with Crippen LogP contribution in [0.5, 0.6) is 5.75 Å². The normalized spacial score (nSPS) is 11.5. The number of carboxylic acid groups (broad SMARTS) is 1. The standard InChI is InChI=1S/C13H17NO5/c1-9(19-13(17)8-7-12(15)16)14-10-5-3-4-6-11(10)18-2/h3-6,9,14H,7-8H2,1-2H3,(H,15,16). The number of aliphatic carboxylic acids is 1. The molecule has 0 radical (unpaired) electrons. The Kier molecular flexibility index (Phi) is 5.66. The fourth-order valence-corrected chi connectivity index (χ4v) is 1.48. The first-order chi connectivity index (χ1) is 9.02. The van der Waals surface area contributed by atoms with Gasteiger partial charge in [0.25, 0.3) is 0 Å². The molecule has 0 saturated carbocycles. The summed E-state index contributed by atoms with van der Waals surface area (Å²) in [4.78, 5) is 21.7. The Hall–Kier alpha value is -2.24. The van der Waals surface area contributed by atoms with Gasteiger partial charge in [-0.25, -0.2) is 0 Å². The van der Waals surface area contributed by atoms with Crippen LogP contribution in [0.2, 0.25) is 0 Å². The van der Waals surface area contributed by atoms with Crippen LogP contribution in [-0.2, 0) is 14.3 Å². The Labute approximate surface area is 111 Å². The zero-order valence-electron chi connectivity index (χ0n) is 10.9. The average molecular weight is 267 g/mol. The minimum atomic E-state index is -1.03. The van der Waals surface area contributed by atoms with Crippen LogP contribution in [-0.4, -0.2) is 30.4 Å². The third-order valence-corrected chi connectivity index (χ3v) is 2.32. The molecule has 0 amide bonds. The van der Waals surface area contributed by atoms with Crippen molar-refractivity contribution in [2.24, 2.45) is 0 Å². The summed E-state index contributed by atoms with van der Waals surface area (Å²) in [6.07, 6.45) is -0.953. The second-order valence-electron chi connectivity index (χ2n) is 3.87. The molecule has 6 nitrogen and oxygen atoms in total. The van der Waals surface area contributed by atoms with Crippen molar-refractivity contribution in [3.63, 3.8) is 0 Å². The van der Waals surface area contributed by atoms with Crippen LogP contribution in [0.25, 0.3) is 0 Å². The SMILES string of the molecule is COc1ccccc1NC(C)OC(=O)CCC(=O)O. The predicted octanol–water partition coefficient (Wildman–Crippen LogP) is 1.86. The summed E-state index contributed by atoms with van der Waals surface area (Å²) in [5.74, 6) is -0.949. The van der Waals surface area contributed by atoms with Gasteiger partial charge < -0.3 is 19.9 Å². The molecule has 6 heteroatoms. The lowest BCUT2D eigenvalue weighted by Gasteiger charge is -2.17. The topological polar surface area (TPSA) is 84.9 Å². The van der Waals surface area contributed by atoms with Gasteiger partial charge in [-0.05, 0) is 19.1 Å². The van der Waals surface area contributed by atoms with Crippen molar-refractivity contribution >= 4 is 17.6 Å². The van der Waals surface area contributed by atoms with Gasteiger partial charge in [-0.3, -0.25) is 9.59 Å². The highest BCUT2D eigenvalue weighted by Crippen LogP contribution is 2.23. The molecule has 1 aromatic rings. The average Bonchev–Trinajstić information content (AvgIpc) is 2.37. The summed E-state index contributed by atoms with van der Waals surface area (Å²) in [5, 5.41) is 11.4. The van der Waals surface area contributed by atoms with Crippen LogP contribution in [0.15, 0.2) is 24.3 Å². The van der Waals surface area contributed by atoms with Crippen LogP contribution >= 0.6 is 0 Å². The minimum absolute atomic E-state index is 0.146. The van der Waals surface area contributed by atoms with Gasteiger partial charge in [0.1, 0.15) is 5.75 Å². The molecule has 1 unspecified atom stereocenters. The smallest absolute Gasteiger partial charge is 0.308 e. The maximum atomic E-state index is 11.3. The van der Waals surface area contributed by atoms with Gasteiger partial charge in [0, 0.05) is 0 Å². The molecule has 0 bridgehead atoms. The molecule has 0 fully saturated rings. The van der Waals surface area contributed by atoms with Gasteiger partial charge in [0.15, 0.2) is 6.23 Å². The third-order valence-electron chi connectivity index (χ3n) is 2.32. The van der Waals surface area contributed by atoms with Crippen molar-refractivity contribution in [3.8, 4) is 5.75 Å². The van der Waals surface area contributed by atoms with Gasteiger partial charge in [-0.15, -0.1) is 0 Å². The Morgan fingerprint density at radius 1 is 1.32 bits per heavy atom. The second kappa shape index (κ2) is 7.25. The van der Waals surface area contributed by atoms with E-state index in [1.54, 1.807) is 26.2 Å². The first-order valence-corrected chi connectivity index (χ1v) is 5.83. The number of hydrogen-bond donors (Lipinski definition) is 2. The largest absolute Gasteiger partial charge is 0.495 e. The summed E-state index contributed by atoms with van der Waals surface area (Å²) in [7, 11) is 1.55. The predicted molar refractivity (Wildman–Crippen MR) is 69.0 cm³/mol. The zero-order valence-corrected chi connectivity index (χ0v) is 10.9. The summed E-state index contributed by atoms with van der Waals surface area (Å²) < 4.78 is 10.2. The number of hydrogen-bond acceptors (Lipinski definition) is 5. The van der Waals surface area contributed by atoms with Crippen molar-refractivity contribution in [1.82, 2.24) is 0 Å². The summed E-state index contributed by atoms with van der Waals surface area (Å²) in [6, 6.07) is 7.22. The van der Waals surface area contributed by atoms with Crippen LogP contribution in [0.4, 0.5) is 5.69 Å². The molecule has 0 saturated heterocycles. The molecule has 0 aliphatic heterocycles. The molecule has 0 spiro atoms. The van der Waals surface area contributed by atoms with Crippen molar-refractivity contribution < 1.29 is 24.2 Å². The molecule has 1 rings (SSSR count). The van der Waals surface area contributed by atoms with Gasteiger partial charge in [0.2, 0.25) is 0 Å². The van der Waals surface area contributed by atoms with E-state index in [1.165, 1.54) is 0 Å². The number of anilines is 1. The molecule has 0 heterocycles. The Morgan fingerprint density at radius 2 is 2.00 bits per heavy atom. The van der Waals surface area contributed by atoms with Crippen molar-refractivity contribution in [2.75, 3.05) is 12.4 Å². The number of benzene rings is 1. The Balaban J connectivity index is 2.48. The van der Waals surface area contributed by atoms with Crippen LogP contribution < -0.4 is 10.1 Å². The highest BCUT2D eigenvalue weighted by atomic mass is 16.6. The van der Waals surface area contributed by atoms with Crippen molar-refractivity contribution in [2.45, 2.75) is 26.0 Å². The fraction of sp³-hybridized carbons (Fsp3) is 0.385. The van der Waals surface area contributed by atoms with Gasteiger partial charge in [-0.2, -0.15) is 0 Å². The molecule has 19 heavy (non-hydrogen) atoms. The van der Waals surface area contributed by atoms with Crippen LogP contribution in [0.1, 0.15) is 19.8 Å². The summed E-state index contributed by atoms with van der Waals surface area (Å²) in [5.41, 5.74) is 0.698. The number of esters is 1. The number of ether oxygens (including phenoxy) is 2. The number of carboxylic acids is 1. The van der Waals surface area contributed by atoms with E-state index in [0.29, 0.717) is 11.4 Å². The maximum Gasteiger partial charge on any atom is 0.308 e. The van der Waals surface area contributed by atoms with E-state index >= 15 is 0 Å². The lowest BCUT2D eigenvalue weighted by atomic mass is 10.3. The van der Waals surface area contributed by atoms with E-state index in [2.05, 4.69) is 5.32 Å². The lowest BCUT2D eigenvalue weighted by Crippen LogP contribution is -2.23. The molecule has 1 aromatic carbocycles. The first kappa shape index (κ1) is 14.8. The van der Waals surface area contributed by atoms with Crippen molar-refractivity contribution in [1.29, 1.82) is 0 Å². The van der Waals surface area contributed by atoms with E-state index in [1.807, 2.05) is 12.1 Å². The van der Waals surface area contributed by atoms with Gasteiger partial charge in [0.05, 0.1) is 25.6 Å². The fourth-order valence-electron chi connectivity index (χ4n) is 1.48. The third kappa shape index (κ3) is 5.29. The summed E-state index contributed by atoms with van der Waals surface area (Å²) in [6.45, 7) is 1.66. The van der Waals surface area contributed by atoms with E-state index in [0.717, 1.165) is 0 Å². The molecule has 0 aliphatic carbocycles. The van der Waals surface area contributed by atoms with Crippen LogP contribution in [0.3, 0.4) is 0 Å². The minimum Gasteiger partial charge on any atom is -0.495 e. The number of methoxy groups -OCH3 is 1. The highest BCUT2D eigenvalue weighted by Gasteiger charge is 2.12. The van der Waals surface area contributed by atoms with Gasteiger partial charge in [-0.1, -0.05) is 12.1 Å². The lowest BCUT2D eigenvalue weighted by molar-refractivity contribution is -0.150. The zero-order chi connectivity index (χ0) is 14.3. The number of carbonyl (C=O) groups is 2. The molecule has 0 aliphatic rings. The van der Waals surface area contributed by atoms with E-state index < -0.39 is 18.2 Å². The quantitative estimate of drug-likeness (QED) is 0.579. The number of para-hydroxylation sites is 2. The molecule has 104 valence electrons. The maximum absolute atomic E-state index is 11.3.